The largest absolute Gasteiger partial charge is 0.508 e. The second-order valence-corrected chi connectivity index (χ2v) is 37.5. The molecule has 22 N–H and O–H groups in total. The van der Waals surface area contributed by atoms with Crippen molar-refractivity contribution in [3.8, 4) is 5.75 Å². The molecule has 738 valence electrons. The number of carbonyl (C=O) groups excluding carboxylic acids is 17. The number of likely N-dealkylation sites (N-methyl/N-ethyl adjacent to an activating group) is 2. The number of unbranched alkanes of at least 4 members (excludes halogenated alkanes) is 2. The van der Waals surface area contributed by atoms with Crippen molar-refractivity contribution in [2.24, 2.45) is 28.5 Å². The molecule has 6 aromatic rings. The summed E-state index contributed by atoms with van der Waals surface area (Å²) in [5, 5.41) is 61.2. The van der Waals surface area contributed by atoms with Gasteiger partial charge < -0.3 is 125 Å². The molecule has 3 aromatic heterocycles. The number of H-pyrrole nitrogens is 3. The molecule has 10 rings (SSSR count). The number of primary amides is 2. The van der Waals surface area contributed by atoms with Gasteiger partial charge in [-0.3, -0.25) is 81.5 Å². The standard InChI is InChI=1S/C93H130N22O20S/c1-9-11-24-71-84(127)103-62(23-17-32-94)80(123)110-70(79(122)100-45-76(96)120)48-136-49-77(121)102-66(36-52-27-29-56(117)30-28-52)90(133)114-34-31-93(5,6)78(114)87(130)108-68(41-75(95)119)89(132)113-33-18-26-72(113)85(128)105-64(39-55-44-97-50-101-55)82(125)106-65(35-51(3)4)91(134)115-46-57(118)40-74(115)86(129)104-63(37-53-42-98-60-21-15-13-19-58(53)60)81(124)109-69(47-116)83(126)107-67(38-54-43-99-61-22-16-14-20-59(54)61)88(131)112(8)73(25-12-10-2)92(135)111(71)7/h13-16,19-22,27-30,42-44,50-51,57,62-74,78,98-99,116-118H,9-12,17-18,23-26,31-41,45-49,94H2,1-8H3,(H2,95,119)(H2,96,120)(H,97,101)(H,100,122)(H,102,121)(H,103,127)(H,104,129)(H,105,128)(H,106,125)(H,107,126)(H,108,130)(H,109,124)(H,110,123)/t57-,62+,63+,64+,65+,66+,67+,68+,69+,70+,71+,72?,73+,74+,78-/m1/s1. The average Bonchev–Trinajstić information content (AvgIpc) is 1.62. The maximum absolute atomic E-state index is 15.7. The van der Waals surface area contributed by atoms with Gasteiger partial charge in [0.05, 0.1) is 37.8 Å². The van der Waals surface area contributed by atoms with Crippen LogP contribution in [-0.4, -0.2) is 316 Å². The van der Waals surface area contributed by atoms with E-state index in [4.69, 9.17) is 17.2 Å². The molecule has 0 radical (unpaired) electrons. The summed E-state index contributed by atoms with van der Waals surface area (Å²) < 4.78 is 0. The van der Waals surface area contributed by atoms with E-state index < -0.39 is 234 Å². The summed E-state index contributed by atoms with van der Waals surface area (Å²) in [4.78, 5) is 272. The van der Waals surface area contributed by atoms with Gasteiger partial charge in [0.2, 0.25) is 100 Å². The van der Waals surface area contributed by atoms with Gasteiger partial charge in [0.1, 0.15) is 90.3 Å². The Morgan fingerprint density at radius 1 is 0.559 bits per heavy atom. The number of carbonyl (C=O) groups is 17. The predicted octanol–water partition coefficient (Wildman–Crippen LogP) is -1.67. The van der Waals surface area contributed by atoms with Gasteiger partial charge in [-0.25, -0.2) is 4.98 Å². The minimum atomic E-state index is -1.88. The maximum Gasteiger partial charge on any atom is 0.246 e. The molecule has 7 heterocycles. The number of aromatic amines is 3. The second-order valence-electron chi connectivity index (χ2n) is 36.5. The normalized spacial score (nSPS) is 25.5. The van der Waals surface area contributed by atoms with Gasteiger partial charge in [0.15, 0.2) is 0 Å². The van der Waals surface area contributed by atoms with Crippen LogP contribution in [0.2, 0.25) is 0 Å². The summed E-state index contributed by atoms with van der Waals surface area (Å²) >= 11 is 0.799. The van der Waals surface area contributed by atoms with E-state index >= 15 is 57.5 Å². The lowest BCUT2D eigenvalue weighted by Crippen LogP contribution is -2.62. The smallest absolute Gasteiger partial charge is 0.246 e. The van der Waals surface area contributed by atoms with E-state index in [9.17, 15) is 39.3 Å². The number of aromatic hydroxyl groups is 1. The maximum atomic E-state index is 15.7. The Labute approximate surface area is 791 Å². The zero-order chi connectivity index (χ0) is 98.9. The molecule has 15 atom stereocenters. The minimum absolute atomic E-state index is 0.00429. The van der Waals surface area contributed by atoms with Crippen LogP contribution in [0.1, 0.15) is 154 Å². The number of phenols is 1. The van der Waals surface area contributed by atoms with Crippen molar-refractivity contribution in [3.05, 3.63) is 120 Å². The van der Waals surface area contributed by atoms with Crippen LogP contribution in [0, 0.1) is 11.3 Å². The second kappa shape index (κ2) is 48.9. The van der Waals surface area contributed by atoms with Crippen LogP contribution in [0.5, 0.6) is 5.75 Å². The predicted molar refractivity (Wildman–Crippen MR) is 501 cm³/mol. The van der Waals surface area contributed by atoms with Crippen molar-refractivity contribution >= 4 is 134 Å². The quantitative estimate of drug-likeness (QED) is 0.0305. The Balaban J connectivity index is 1.02. The van der Waals surface area contributed by atoms with Crippen molar-refractivity contribution < 1.29 is 96.8 Å². The Kier molecular flexibility index (Phi) is 37.8. The fourth-order valence-corrected chi connectivity index (χ4v) is 18.8. The van der Waals surface area contributed by atoms with Crippen LogP contribution < -0.4 is 70.4 Å². The van der Waals surface area contributed by atoms with Crippen molar-refractivity contribution in [2.75, 3.05) is 64.9 Å². The van der Waals surface area contributed by atoms with Crippen LogP contribution in [0.25, 0.3) is 21.8 Å². The zero-order valence-electron chi connectivity index (χ0n) is 78.0. The highest BCUT2D eigenvalue weighted by Gasteiger charge is 2.51. The number of rotatable bonds is 25. The number of hydrogen-bond acceptors (Lipinski definition) is 23. The Hall–Kier alpha value is -13.0. The summed E-state index contributed by atoms with van der Waals surface area (Å²) in [6.07, 6.45) is 4.29. The summed E-state index contributed by atoms with van der Waals surface area (Å²) in [7, 11) is 2.72. The number of thioether (sulfide) groups is 1. The summed E-state index contributed by atoms with van der Waals surface area (Å²) in [5.74, 6) is -17.0. The van der Waals surface area contributed by atoms with Crippen molar-refractivity contribution in [2.45, 2.75) is 248 Å². The Morgan fingerprint density at radius 3 is 1.71 bits per heavy atom. The van der Waals surface area contributed by atoms with E-state index in [1.807, 2.05) is 13.8 Å². The van der Waals surface area contributed by atoms with Crippen LogP contribution in [0.4, 0.5) is 0 Å². The van der Waals surface area contributed by atoms with Gasteiger partial charge in [-0.2, -0.15) is 0 Å². The molecule has 43 heteroatoms. The third-order valence-corrected chi connectivity index (χ3v) is 26.3. The number of nitrogens with two attached hydrogens (primary N) is 3. The molecule has 4 aliphatic rings. The van der Waals surface area contributed by atoms with E-state index in [2.05, 4.69) is 73.1 Å². The number of aliphatic hydroxyl groups is 2. The van der Waals surface area contributed by atoms with Crippen LogP contribution in [0.3, 0.4) is 0 Å². The SMILES string of the molecule is CCCC[C@H]1C(=O)N(C)[C@@H](CCCC)C(=O)N[C@@H](CCCN)C(=O)N[C@H](C(=O)NCC(N)=O)CSCC(=O)N[C@@H](Cc2ccc(O)cc2)C(=O)N2CCC(C)(C)[C@H]2C(=O)N[C@@H](CC(N)=O)C(=O)N2CCCC2C(=O)N[C@@H](Cc2cnc[nH]2)C(=O)N[C@@H](CC(C)C)C(=O)N2C[C@H](O)C[C@H]2C(=O)N[C@@H](Cc2c[nH]c3ccccc23)C(=O)N[C@@H](CO)C(=O)N[C@@H](Cc2c[nH]c3ccccc23)C(=O)N1C. The molecular formula is C93H130N22O20S. The topological polar surface area (TPSA) is 626 Å². The van der Waals surface area contributed by atoms with Gasteiger partial charge in [-0.1, -0.05) is 116 Å². The first-order valence-corrected chi connectivity index (χ1v) is 47.4. The van der Waals surface area contributed by atoms with Crippen LogP contribution in [-0.2, 0) is 107 Å². The number of aromatic nitrogens is 4. The molecule has 0 bridgehead atoms. The number of fused-ring (bicyclic) bond motifs is 5. The summed E-state index contributed by atoms with van der Waals surface area (Å²) in [5.41, 5.74) is 19.3. The highest BCUT2D eigenvalue weighted by atomic mass is 32.2. The minimum Gasteiger partial charge on any atom is -0.508 e. The molecule has 1 unspecified atom stereocenters. The van der Waals surface area contributed by atoms with E-state index in [1.165, 1.54) is 60.7 Å². The van der Waals surface area contributed by atoms with E-state index in [0.29, 0.717) is 69.9 Å². The van der Waals surface area contributed by atoms with Crippen LogP contribution in [0.15, 0.2) is 97.7 Å². The fraction of sp³-hybridized carbons (Fsp3) is 0.548. The molecule has 0 aliphatic carbocycles. The van der Waals surface area contributed by atoms with Gasteiger partial charge in [-0.15, -0.1) is 11.8 Å². The molecule has 3 aromatic carbocycles. The van der Waals surface area contributed by atoms with Crippen molar-refractivity contribution in [1.29, 1.82) is 0 Å². The van der Waals surface area contributed by atoms with Gasteiger partial charge in [-0.05, 0) is 110 Å². The average molecular weight is 1910 g/mol. The van der Waals surface area contributed by atoms with E-state index in [-0.39, 0.29) is 115 Å². The first kappa shape index (κ1) is 105. The van der Waals surface area contributed by atoms with Gasteiger partial charge in [0.25, 0.3) is 0 Å². The number of hydrogen-bond donors (Lipinski definition) is 19. The molecule has 42 nitrogen and oxygen atoms in total. The number of benzene rings is 3. The Bertz CT molecular complexity index is 5260. The molecule has 136 heavy (non-hydrogen) atoms. The summed E-state index contributed by atoms with van der Waals surface area (Å²) in [6.45, 7) is 8.13. The molecule has 4 fully saturated rings. The van der Waals surface area contributed by atoms with E-state index in [1.54, 1.807) is 88.6 Å². The molecular weight excluding hydrogens is 1780 g/mol. The lowest BCUT2D eigenvalue weighted by atomic mass is 9.84. The Morgan fingerprint density at radius 2 is 1.10 bits per heavy atom. The summed E-state index contributed by atoms with van der Waals surface area (Å²) in [6, 6.07) is -1.69. The lowest BCUT2D eigenvalue weighted by Gasteiger charge is -2.36. The third kappa shape index (κ3) is 27.6. The lowest BCUT2D eigenvalue weighted by molar-refractivity contribution is -0.149. The molecule has 0 saturated carbocycles. The molecule has 4 aliphatic heterocycles. The van der Waals surface area contributed by atoms with E-state index in [0.717, 1.165) is 26.5 Å². The molecule has 4 saturated heterocycles. The number of amides is 17. The van der Waals surface area contributed by atoms with Crippen molar-refractivity contribution in [3.63, 3.8) is 0 Å². The van der Waals surface area contributed by atoms with Gasteiger partial charge >= 0.3 is 0 Å². The number of para-hydroxylation sites is 2. The van der Waals surface area contributed by atoms with Gasteiger partial charge in [0, 0.05) is 118 Å². The first-order chi connectivity index (χ1) is 64.8. The fourth-order valence-electron chi connectivity index (χ4n) is 18.0. The zero-order valence-corrected chi connectivity index (χ0v) is 78.8. The number of nitrogens with one attached hydrogen (secondary N) is 13. The number of phenolic OH excluding ortho intramolecular Hbond substituents is 1. The highest BCUT2D eigenvalue weighted by Crippen LogP contribution is 2.38. The molecule has 0 spiro atoms. The number of imidazole rings is 1. The number of aliphatic hydroxyl groups excluding tert-OH is 2. The monoisotopic (exact) mass is 1910 g/mol. The number of nitrogens with zero attached hydrogens (tertiary/aromatic N) is 6. The molecule has 17 amide bonds. The highest BCUT2D eigenvalue weighted by molar-refractivity contribution is 8.00. The van der Waals surface area contributed by atoms with Crippen molar-refractivity contribution in [1.82, 2.24) is 97.6 Å². The van der Waals surface area contributed by atoms with Crippen LogP contribution >= 0.6 is 11.8 Å². The first-order valence-electron chi connectivity index (χ1n) is 46.3. The third-order valence-electron chi connectivity index (χ3n) is 25.3.